The van der Waals surface area contributed by atoms with Crippen molar-refractivity contribution in [3.8, 4) is 23.0 Å². The molecule has 118 valence electrons. The number of rotatable bonds is 0. The molecule has 6 heteroatoms. The number of fused-ring (bicyclic) bond motifs is 6. The van der Waals surface area contributed by atoms with Crippen LogP contribution in [0.3, 0.4) is 0 Å². The number of nitrogens with zero attached hydrogens (tertiary/aromatic N) is 2. The number of H-pyrrole nitrogens is 1. The molecule has 2 aromatic carbocycles. The van der Waals surface area contributed by atoms with Gasteiger partial charge in [-0.2, -0.15) is 0 Å². The van der Waals surface area contributed by atoms with E-state index in [0.29, 0.717) is 40.6 Å². The van der Waals surface area contributed by atoms with Crippen molar-refractivity contribution in [2.45, 2.75) is 13.0 Å². The van der Waals surface area contributed by atoms with E-state index in [1.54, 1.807) is 16.7 Å². The number of nitrogens with one attached hydrogen (secondary N) is 1. The van der Waals surface area contributed by atoms with Crippen molar-refractivity contribution in [3.05, 3.63) is 52.3 Å². The van der Waals surface area contributed by atoms with Crippen molar-refractivity contribution in [2.24, 2.45) is 0 Å². The van der Waals surface area contributed by atoms with E-state index in [4.69, 9.17) is 0 Å². The maximum Gasteiger partial charge on any atom is 0.261 e. The highest BCUT2D eigenvalue weighted by Crippen LogP contribution is 2.39. The van der Waals surface area contributed by atoms with Crippen LogP contribution in [-0.2, 0) is 13.0 Å². The number of benzene rings is 2. The smallest absolute Gasteiger partial charge is 0.261 e. The van der Waals surface area contributed by atoms with Crippen molar-refractivity contribution < 1.29 is 10.2 Å². The lowest BCUT2D eigenvalue weighted by molar-refractivity contribution is 0.455. The van der Waals surface area contributed by atoms with Crippen LogP contribution in [-0.4, -0.2) is 24.7 Å². The van der Waals surface area contributed by atoms with Crippen LogP contribution in [0.1, 0.15) is 5.56 Å². The van der Waals surface area contributed by atoms with Crippen LogP contribution in [0.2, 0.25) is 0 Å². The van der Waals surface area contributed by atoms with E-state index in [0.717, 1.165) is 11.3 Å². The minimum absolute atomic E-state index is 0.0116. The highest BCUT2D eigenvalue weighted by atomic mass is 16.3. The number of aromatic amines is 1. The SMILES string of the molecule is O=c1c2ccccc2nc2n1CCc1c-2[nH]c2cc(O)cc(O)c12. The molecule has 0 amide bonds. The Bertz CT molecular complexity index is 1200. The van der Waals surface area contributed by atoms with Crippen LogP contribution in [0.15, 0.2) is 41.2 Å². The third-order valence-corrected chi connectivity index (χ3v) is 4.64. The Balaban J connectivity index is 1.91. The maximum absolute atomic E-state index is 12.7. The molecule has 4 aromatic rings. The zero-order chi connectivity index (χ0) is 16.4. The second-order valence-corrected chi connectivity index (χ2v) is 6.03. The topological polar surface area (TPSA) is 91.1 Å². The summed E-state index contributed by atoms with van der Waals surface area (Å²) < 4.78 is 1.66. The Morgan fingerprint density at radius 1 is 1.17 bits per heavy atom. The first-order valence-electron chi connectivity index (χ1n) is 7.70. The van der Waals surface area contributed by atoms with Gasteiger partial charge in [-0.15, -0.1) is 0 Å². The fourth-order valence-electron chi connectivity index (χ4n) is 3.59. The van der Waals surface area contributed by atoms with Gasteiger partial charge in [0, 0.05) is 24.1 Å². The molecule has 0 radical (unpaired) electrons. The van der Waals surface area contributed by atoms with Crippen LogP contribution in [0, 0.1) is 0 Å². The maximum atomic E-state index is 12.7. The van der Waals surface area contributed by atoms with Crippen molar-refractivity contribution in [1.82, 2.24) is 14.5 Å². The summed E-state index contributed by atoms with van der Waals surface area (Å²) in [4.78, 5) is 20.6. The summed E-state index contributed by atoms with van der Waals surface area (Å²) in [6, 6.07) is 10.2. The van der Waals surface area contributed by atoms with Gasteiger partial charge in [-0.3, -0.25) is 9.36 Å². The van der Waals surface area contributed by atoms with Crippen molar-refractivity contribution in [2.75, 3.05) is 0 Å². The number of para-hydroxylation sites is 1. The number of phenolic OH excluding ortho intramolecular Hbond substituents is 2. The Kier molecular flexibility index (Phi) is 2.41. The molecule has 0 fully saturated rings. The molecular weight excluding hydrogens is 306 g/mol. The first-order valence-corrected chi connectivity index (χ1v) is 7.70. The Labute approximate surface area is 135 Å². The zero-order valence-corrected chi connectivity index (χ0v) is 12.6. The van der Waals surface area contributed by atoms with E-state index in [1.165, 1.54) is 6.07 Å². The summed E-state index contributed by atoms with van der Waals surface area (Å²) >= 11 is 0. The molecule has 6 nitrogen and oxygen atoms in total. The highest BCUT2D eigenvalue weighted by Gasteiger charge is 2.25. The van der Waals surface area contributed by atoms with Crippen LogP contribution >= 0.6 is 0 Å². The Morgan fingerprint density at radius 2 is 2.00 bits per heavy atom. The second-order valence-electron chi connectivity index (χ2n) is 6.03. The molecule has 1 aliphatic heterocycles. The Morgan fingerprint density at radius 3 is 2.88 bits per heavy atom. The molecule has 0 spiro atoms. The summed E-state index contributed by atoms with van der Waals surface area (Å²) in [5, 5.41) is 21.2. The third-order valence-electron chi connectivity index (χ3n) is 4.64. The molecule has 0 unspecified atom stereocenters. The average molecular weight is 319 g/mol. The molecule has 3 heterocycles. The molecule has 0 saturated carbocycles. The number of aromatic hydroxyl groups is 2. The summed E-state index contributed by atoms with van der Waals surface area (Å²) in [6.45, 7) is 0.506. The van der Waals surface area contributed by atoms with Crippen molar-refractivity contribution in [3.63, 3.8) is 0 Å². The normalized spacial score (nSPS) is 13.2. The highest BCUT2D eigenvalue weighted by molar-refractivity contribution is 5.96. The molecule has 0 aliphatic carbocycles. The Hall–Kier alpha value is -3.28. The van der Waals surface area contributed by atoms with Gasteiger partial charge in [0.1, 0.15) is 11.5 Å². The quantitative estimate of drug-likeness (QED) is 0.464. The standard InChI is InChI=1S/C18H13N3O3/c22-9-7-13-15(14(23)8-9)11-5-6-21-17(16(11)19-13)20-12-4-2-1-3-10(12)18(21)24/h1-4,7-8,19,22-23H,5-6H2. The van der Waals surface area contributed by atoms with E-state index < -0.39 is 0 Å². The summed E-state index contributed by atoms with van der Waals surface area (Å²) in [7, 11) is 0. The lowest BCUT2D eigenvalue weighted by atomic mass is 10.0. The van der Waals surface area contributed by atoms with Crippen LogP contribution in [0.5, 0.6) is 11.5 Å². The lowest BCUT2D eigenvalue weighted by Gasteiger charge is -2.18. The molecule has 2 aromatic heterocycles. The number of aryl methyl sites for hydroxylation is 1. The number of hydrogen-bond acceptors (Lipinski definition) is 4. The predicted molar refractivity (Wildman–Crippen MR) is 90.3 cm³/mol. The molecule has 0 bridgehead atoms. The second kappa shape index (κ2) is 4.38. The van der Waals surface area contributed by atoms with E-state index in [1.807, 2.05) is 18.2 Å². The zero-order valence-electron chi connectivity index (χ0n) is 12.6. The van der Waals surface area contributed by atoms with Gasteiger partial charge in [-0.05, 0) is 24.1 Å². The van der Waals surface area contributed by atoms with Crippen LogP contribution < -0.4 is 5.56 Å². The van der Waals surface area contributed by atoms with E-state index in [2.05, 4.69) is 9.97 Å². The third kappa shape index (κ3) is 1.59. The molecule has 3 N–H and O–H groups in total. The first-order chi connectivity index (χ1) is 11.6. The predicted octanol–water partition coefficient (Wildman–Crippen LogP) is 2.51. The molecule has 5 rings (SSSR count). The lowest BCUT2D eigenvalue weighted by Crippen LogP contribution is -2.27. The van der Waals surface area contributed by atoms with Gasteiger partial charge in [0.2, 0.25) is 0 Å². The average Bonchev–Trinajstić information content (AvgIpc) is 2.94. The largest absolute Gasteiger partial charge is 0.508 e. The molecule has 1 aliphatic rings. The fourth-order valence-corrected chi connectivity index (χ4v) is 3.59. The van der Waals surface area contributed by atoms with Crippen molar-refractivity contribution in [1.29, 1.82) is 0 Å². The molecule has 0 atom stereocenters. The van der Waals surface area contributed by atoms with E-state index in [9.17, 15) is 15.0 Å². The van der Waals surface area contributed by atoms with Gasteiger partial charge >= 0.3 is 0 Å². The first kappa shape index (κ1) is 13.2. The van der Waals surface area contributed by atoms with Crippen LogP contribution in [0.4, 0.5) is 0 Å². The van der Waals surface area contributed by atoms with Gasteiger partial charge in [0.05, 0.1) is 22.1 Å². The molecule has 24 heavy (non-hydrogen) atoms. The monoisotopic (exact) mass is 319 g/mol. The van der Waals surface area contributed by atoms with Crippen molar-refractivity contribution >= 4 is 21.8 Å². The number of phenols is 2. The summed E-state index contributed by atoms with van der Waals surface area (Å²) in [5.74, 6) is 0.580. The van der Waals surface area contributed by atoms with Gasteiger partial charge in [0.15, 0.2) is 5.82 Å². The number of hydrogen-bond donors (Lipinski definition) is 3. The number of aromatic nitrogens is 3. The molecular formula is C18H13N3O3. The minimum Gasteiger partial charge on any atom is -0.508 e. The summed E-state index contributed by atoms with van der Waals surface area (Å²) in [6.07, 6.45) is 0.612. The van der Waals surface area contributed by atoms with E-state index >= 15 is 0 Å². The van der Waals surface area contributed by atoms with Gasteiger partial charge in [-0.1, -0.05) is 12.1 Å². The van der Waals surface area contributed by atoms with Gasteiger partial charge < -0.3 is 15.2 Å². The van der Waals surface area contributed by atoms with Gasteiger partial charge in [-0.25, -0.2) is 4.98 Å². The fraction of sp³-hybridized carbons (Fsp3) is 0.111. The molecule has 0 saturated heterocycles. The van der Waals surface area contributed by atoms with Crippen LogP contribution in [0.25, 0.3) is 33.3 Å². The summed E-state index contributed by atoms with van der Waals surface area (Å²) in [5.41, 5.74) is 2.86. The minimum atomic E-state index is -0.0630. The van der Waals surface area contributed by atoms with Gasteiger partial charge in [0.25, 0.3) is 5.56 Å². The van der Waals surface area contributed by atoms with E-state index in [-0.39, 0.29) is 17.1 Å².